The quantitative estimate of drug-likeness (QED) is 0.822. The standard InChI is InChI=1S/C21H33N3O/c1-3-22-13-15-24(16-14-22)21(25)20-9-11-23(12-10-20)17-18(2)19-7-5-4-6-8-19/h4-8,18,20H,3,9-17H2,1-2H3/t18-/m0/s1. The molecule has 1 aromatic rings. The number of carbonyl (C=O) groups excluding carboxylic acids is 1. The van der Waals surface area contributed by atoms with Gasteiger partial charge in [0.25, 0.3) is 0 Å². The van der Waals surface area contributed by atoms with Crippen molar-refractivity contribution in [3.63, 3.8) is 0 Å². The van der Waals surface area contributed by atoms with Crippen molar-refractivity contribution in [1.82, 2.24) is 14.7 Å². The van der Waals surface area contributed by atoms with Crippen LogP contribution in [0.15, 0.2) is 30.3 Å². The summed E-state index contributed by atoms with van der Waals surface area (Å²) >= 11 is 0. The van der Waals surface area contributed by atoms with Gasteiger partial charge in [-0.1, -0.05) is 44.2 Å². The van der Waals surface area contributed by atoms with Crippen molar-refractivity contribution in [2.75, 3.05) is 52.4 Å². The van der Waals surface area contributed by atoms with Gasteiger partial charge in [0.2, 0.25) is 5.91 Å². The summed E-state index contributed by atoms with van der Waals surface area (Å²) < 4.78 is 0. The fraction of sp³-hybridized carbons (Fsp3) is 0.667. The fourth-order valence-corrected chi connectivity index (χ4v) is 4.18. The minimum atomic E-state index is 0.247. The Labute approximate surface area is 152 Å². The summed E-state index contributed by atoms with van der Waals surface area (Å²) in [7, 11) is 0. The smallest absolute Gasteiger partial charge is 0.225 e. The van der Waals surface area contributed by atoms with E-state index in [2.05, 4.69) is 58.9 Å². The topological polar surface area (TPSA) is 26.8 Å². The van der Waals surface area contributed by atoms with E-state index in [4.69, 9.17) is 0 Å². The van der Waals surface area contributed by atoms with E-state index in [0.717, 1.165) is 65.2 Å². The number of amides is 1. The minimum Gasteiger partial charge on any atom is -0.340 e. The van der Waals surface area contributed by atoms with Crippen LogP contribution in [0.2, 0.25) is 0 Å². The second-order valence-electron chi connectivity index (χ2n) is 7.65. The number of likely N-dealkylation sites (N-methyl/N-ethyl adjacent to an activating group) is 1. The molecule has 0 radical (unpaired) electrons. The third-order valence-electron chi connectivity index (χ3n) is 5.97. The molecule has 2 aliphatic rings. The lowest BCUT2D eigenvalue weighted by Gasteiger charge is -2.38. The van der Waals surface area contributed by atoms with Crippen LogP contribution >= 0.6 is 0 Å². The van der Waals surface area contributed by atoms with E-state index < -0.39 is 0 Å². The highest BCUT2D eigenvalue weighted by Crippen LogP contribution is 2.23. The maximum absolute atomic E-state index is 12.8. The van der Waals surface area contributed by atoms with E-state index in [1.54, 1.807) is 0 Å². The Morgan fingerprint density at radius 3 is 2.24 bits per heavy atom. The zero-order valence-electron chi connectivity index (χ0n) is 15.9. The lowest BCUT2D eigenvalue weighted by atomic mass is 9.93. The van der Waals surface area contributed by atoms with Gasteiger partial charge < -0.3 is 14.7 Å². The van der Waals surface area contributed by atoms with E-state index in [1.165, 1.54) is 5.56 Å². The van der Waals surface area contributed by atoms with Crippen LogP contribution in [0.5, 0.6) is 0 Å². The van der Waals surface area contributed by atoms with Gasteiger partial charge in [-0.3, -0.25) is 4.79 Å². The van der Waals surface area contributed by atoms with Crippen LogP contribution in [0.4, 0.5) is 0 Å². The van der Waals surface area contributed by atoms with Gasteiger partial charge in [-0.2, -0.15) is 0 Å². The summed E-state index contributed by atoms with van der Waals surface area (Å²) in [5, 5.41) is 0. The molecule has 25 heavy (non-hydrogen) atoms. The molecule has 0 saturated carbocycles. The Bertz CT molecular complexity index is 531. The van der Waals surface area contributed by atoms with Gasteiger partial charge in [0.05, 0.1) is 0 Å². The number of hydrogen-bond donors (Lipinski definition) is 0. The van der Waals surface area contributed by atoms with Crippen molar-refractivity contribution in [3.8, 4) is 0 Å². The molecule has 0 aliphatic carbocycles. The van der Waals surface area contributed by atoms with Crippen molar-refractivity contribution >= 4 is 5.91 Å². The van der Waals surface area contributed by atoms with E-state index in [0.29, 0.717) is 11.8 Å². The third-order valence-corrected chi connectivity index (χ3v) is 5.97. The second-order valence-corrected chi connectivity index (χ2v) is 7.65. The van der Waals surface area contributed by atoms with Gasteiger partial charge in [-0.25, -0.2) is 0 Å². The molecule has 4 nitrogen and oxygen atoms in total. The lowest BCUT2D eigenvalue weighted by molar-refractivity contribution is -0.138. The van der Waals surface area contributed by atoms with E-state index >= 15 is 0 Å². The molecule has 2 heterocycles. The van der Waals surface area contributed by atoms with Crippen LogP contribution in [-0.4, -0.2) is 73.0 Å². The highest BCUT2D eigenvalue weighted by Gasteiger charge is 2.30. The number of carbonyl (C=O) groups is 1. The van der Waals surface area contributed by atoms with Crippen molar-refractivity contribution < 1.29 is 4.79 Å². The molecule has 0 bridgehead atoms. The number of rotatable bonds is 5. The molecule has 0 unspecified atom stereocenters. The van der Waals surface area contributed by atoms with Crippen molar-refractivity contribution in [2.24, 2.45) is 5.92 Å². The Balaban J connectivity index is 1.43. The van der Waals surface area contributed by atoms with Gasteiger partial charge in [-0.05, 0) is 44.0 Å². The maximum atomic E-state index is 12.8. The zero-order chi connectivity index (χ0) is 17.6. The van der Waals surface area contributed by atoms with E-state index in [9.17, 15) is 4.79 Å². The molecule has 0 aromatic heterocycles. The number of nitrogens with zero attached hydrogens (tertiary/aromatic N) is 3. The first-order valence-corrected chi connectivity index (χ1v) is 9.95. The number of piperidine rings is 1. The van der Waals surface area contributed by atoms with Crippen LogP contribution in [0.3, 0.4) is 0 Å². The number of likely N-dealkylation sites (tertiary alicyclic amines) is 1. The molecule has 1 atom stereocenters. The lowest BCUT2D eigenvalue weighted by Crippen LogP contribution is -2.51. The normalized spacial score (nSPS) is 22.1. The molecule has 0 N–H and O–H groups in total. The van der Waals surface area contributed by atoms with Gasteiger partial charge in [0.1, 0.15) is 0 Å². The first kappa shape index (κ1) is 18.4. The third kappa shape index (κ3) is 4.83. The number of benzene rings is 1. The summed E-state index contributed by atoms with van der Waals surface area (Å²) in [5.74, 6) is 1.21. The summed E-state index contributed by atoms with van der Waals surface area (Å²) in [4.78, 5) is 19.9. The van der Waals surface area contributed by atoms with Gasteiger partial charge in [0.15, 0.2) is 0 Å². The van der Waals surface area contributed by atoms with Crippen LogP contribution in [-0.2, 0) is 4.79 Å². The zero-order valence-corrected chi connectivity index (χ0v) is 15.9. The van der Waals surface area contributed by atoms with Crippen LogP contribution in [0, 0.1) is 5.92 Å². The number of piperazine rings is 1. The molecule has 2 saturated heterocycles. The number of hydrogen-bond acceptors (Lipinski definition) is 3. The van der Waals surface area contributed by atoms with Crippen LogP contribution in [0.25, 0.3) is 0 Å². The summed E-state index contributed by atoms with van der Waals surface area (Å²) in [6, 6.07) is 10.8. The Hall–Kier alpha value is -1.39. The molecular formula is C21H33N3O. The Morgan fingerprint density at radius 1 is 1.00 bits per heavy atom. The van der Waals surface area contributed by atoms with Crippen LogP contribution < -0.4 is 0 Å². The molecule has 138 valence electrons. The average molecular weight is 344 g/mol. The van der Waals surface area contributed by atoms with Gasteiger partial charge in [-0.15, -0.1) is 0 Å². The van der Waals surface area contributed by atoms with Crippen LogP contribution in [0.1, 0.15) is 38.2 Å². The van der Waals surface area contributed by atoms with Crippen molar-refractivity contribution in [1.29, 1.82) is 0 Å². The van der Waals surface area contributed by atoms with E-state index in [1.807, 2.05) is 0 Å². The molecule has 3 rings (SSSR count). The predicted octanol–water partition coefficient (Wildman–Crippen LogP) is 2.67. The fourth-order valence-electron chi connectivity index (χ4n) is 4.18. The van der Waals surface area contributed by atoms with Crippen molar-refractivity contribution in [2.45, 2.75) is 32.6 Å². The minimum absolute atomic E-state index is 0.247. The highest BCUT2D eigenvalue weighted by atomic mass is 16.2. The maximum Gasteiger partial charge on any atom is 0.225 e. The largest absolute Gasteiger partial charge is 0.340 e. The molecule has 1 aromatic carbocycles. The summed E-state index contributed by atoms with van der Waals surface area (Å²) in [6.07, 6.45) is 2.04. The molecule has 4 heteroatoms. The Morgan fingerprint density at radius 2 is 1.64 bits per heavy atom. The summed E-state index contributed by atoms with van der Waals surface area (Å²) in [6.45, 7) is 12.7. The van der Waals surface area contributed by atoms with Crippen molar-refractivity contribution in [3.05, 3.63) is 35.9 Å². The Kier molecular flexibility index (Phi) is 6.49. The molecule has 2 fully saturated rings. The van der Waals surface area contributed by atoms with Gasteiger partial charge >= 0.3 is 0 Å². The predicted molar refractivity (Wildman–Crippen MR) is 103 cm³/mol. The molecule has 2 aliphatic heterocycles. The monoisotopic (exact) mass is 343 g/mol. The molecule has 1 amide bonds. The first-order chi connectivity index (χ1) is 12.2. The molecule has 0 spiro atoms. The SMILES string of the molecule is CCN1CCN(C(=O)C2CCN(C[C@H](C)c3ccccc3)CC2)CC1. The van der Waals surface area contributed by atoms with E-state index in [-0.39, 0.29) is 5.92 Å². The average Bonchev–Trinajstić information content (AvgIpc) is 2.69. The molecular weight excluding hydrogens is 310 g/mol. The first-order valence-electron chi connectivity index (χ1n) is 9.95. The highest BCUT2D eigenvalue weighted by molar-refractivity contribution is 5.79. The second kappa shape index (κ2) is 8.81. The van der Waals surface area contributed by atoms with Gasteiger partial charge in [0, 0.05) is 38.6 Å². The summed E-state index contributed by atoms with van der Waals surface area (Å²) in [5.41, 5.74) is 1.41.